The largest absolute Gasteiger partial charge is 0.472 e. The lowest BCUT2D eigenvalue weighted by molar-refractivity contribution is 0.0751. The van der Waals surface area contributed by atoms with E-state index in [1.807, 2.05) is 10.8 Å². The highest BCUT2D eigenvalue weighted by atomic mass is 16.5. The maximum absolute atomic E-state index is 12.2. The third-order valence-electron chi connectivity index (χ3n) is 3.37. The number of amides is 1. The maximum atomic E-state index is 12.2. The van der Waals surface area contributed by atoms with Gasteiger partial charge in [-0.3, -0.25) is 4.79 Å². The van der Waals surface area contributed by atoms with E-state index in [-0.39, 0.29) is 12.0 Å². The number of fused-ring (bicyclic) bond motifs is 1. The van der Waals surface area contributed by atoms with Gasteiger partial charge in [-0.1, -0.05) is 0 Å². The van der Waals surface area contributed by atoms with E-state index in [2.05, 4.69) is 9.97 Å². The number of likely N-dealkylation sites (N-methyl/N-ethyl adjacent to an activating group) is 1. The Hall–Kier alpha value is -2.37. The molecule has 0 bridgehead atoms. The molecule has 0 fully saturated rings. The van der Waals surface area contributed by atoms with Crippen LogP contribution in [0, 0.1) is 0 Å². The molecule has 1 aliphatic heterocycles. The van der Waals surface area contributed by atoms with E-state index in [1.165, 1.54) is 0 Å². The average molecular weight is 272 g/mol. The molecule has 1 aliphatic rings. The molecule has 1 atom stereocenters. The third kappa shape index (κ3) is 2.49. The number of aromatic nitrogens is 3. The molecule has 2 aromatic rings. The molecular formula is C14H16N4O2. The minimum atomic E-state index is -0.0671. The van der Waals surface area contributed by atoms with Crippen LogP contribution in [0.25, 0.3) is 0 Å². The SMILES string of the molecule is CN1CC(CCn2ccnc2)Oc2ncccc2C1=O. The van der Waals surface area contributed by atoms with Crippen LogP contribution in [-0.2, 0) is 6.54 Å². The summed E-state index contributed by atoms with van der Waals surface area (Å²) in [5.74, 6) is 0.385. The van der Waals surface area contributed by atoms with Crippen molar-refractivity contribution in [3.63, 3.8) is 0 Å². The Bertz CT molecular complexity index is 597. The van der Waals surface area contributed by atoms with Gasteiger partial charge >= 0.3 is 0 Å². The second kappa shape index (κ2) is 5.32. The number of hydrogen-bond donors (Lipinski definition) is 0. The molecule has 20 heavy (non-hydrogen) atoms. The summed E-state index contributed by atoms with van der Waals surface area (Å²) in [4.78, 5) is 22.1. The van der Waals surface area contributed by atoms with E-state index in [0.29, 0.717) is 18.0 Å². The van der Waals surface area contributed by atoms with E-state index in [9.17, 15) is 4.79 Å². The van der Waals surface area contributed by atoms with Gasteiger partial charge in [-0.25, -0.2) is 9.97 Å². The van der Waals surface area contributed by atoms with Gasteiger partial charge in [0.2, 0.25) is 5.88 Å². The molecule has 6 heteroatoms. The number of imidazole rings is 1. The number of ether oxygens (including phenoxy) is 1. The Kier molecular flexibility index (Phi) is 3.37. The summed E-state index contributed by atoms with van der Waals surface area (Å²) in [6.07, 6.45) is 7.81. The molecule has 1 unspecified atom stereocenters. The Labute approximate surface area is 117 Å². The summed E-state index contributed by atoms with van der Waals surface area (Å²) < 4.78 is 7.88. The van der Waals surface area contributed by atoms with E-state index in [1.54, 1.807) is 42.8 Å². The highest BCUT2D eigenvalue weighted by Crippen LogP contribution is 2.22. The molecule has 0 aliphatic carbocycles. The summed E-state index contributed by atoms with van der Waals surface area (Å²) in [7, 11) is 1.79. The van der Waals surface area contributed by atoms with Crippen LogP contribution in [0.4, 0.5) is 0 Å². The predicted molar refractivity (Wildman–Crippen MR) is 72.5 cm³/mol. The van der Waals surface area contributed by atoms with E-state index >= 15 is 0 Å². The Morgan fingerprint density at radius 3 is 3.15 bits per heavy atom. The van der Waals surface area contributed by atoms with Crippen molar-refractivity contribution in [2.45, 2.75) is 19.1 Å². The van der Waals surface area contributed by atoms with E-state index in [4.69, 9.17) is 4.74 Å². The standard InChI is InChI=1S/C14H16N4O2/c1-17-9-11(4-7-18-8-6-15-10-18)20-13-12(14(17)19)3-2-5-16-13/h2-3,5-6,8,10-11H,4,7,9H2,1H3. The number of carbonyl (C=O) groups excluding carboxylic acids is 1. The van der Waals surface area contributed by atoms with Gasteiger partial charge in [0.1, 0.15) is 11.7 Å². The van der Waals surface area contributed by atoms with Gasteiger partial charge < -0.3 is 14.2 Å². The van der Waals surface area contributed by atoms with Crippen molar-refractivity contribution in [2.24, 2.45) is 0 Å². The van der Waals surface area contributed by atoms with Crippen molar-refractivity contribution in [3.8, 4) is 5.88 Å². The number of carbonyl (C=O) groups is 1. The molecule has 0 aromatic carbocycles. The van der Waals surface area contributed by atoms with E-state index < -0.39 is 0 Å². The number of hydrogen-bond acceptors (Lipinski definition) is 4. The van der Waals surface area contributed by atoms with Gasteiger partial charge in [-0.2, -0.15) is 0 Å². The molecule has 0 saturated heterocycles. The van der Waals surface area contributed by atoms with Gasteiger partial charge in [0.15, 0.2) is 0 Å². The quantitative estimate of drug-likeness (QED) is 0.842. The lowest BCUT2D eigenvalue weighted by atomic mass is 10.2. The highest BCUT2D eigenvalue weighted by Gasteiger charge is 2.27. The van der Waals surface area contributed by atoms with Crippen LogP contribution in [0.5, 0.6) is 5.88 Å². The minimum Gasteiger partial charge on any atom is -0.472 e. The summed E-state index contributed by atoms with van der Waals surface area (Å²) in [5, 5.41) is 0. The third-order valence-corrected chi connectivity index (χ3v) is 3.37. The monoisotopic (exact) mass is 272 g/mol. The zero-order valence-corrected chi connectivity index (χ0v) is 11.3. The first-order valence-corrected chi connectivity index (χ1v) is 6.57. The maximum Gasteiger partial charge on any atom is 0.259 e. The molecule has 1 amide bonds. The first-order valence-electron chi connectivity index (χ1n) is 6.57. The summed E-state index contributed by atoms with van der Waals surface area (Å²) in [6.45, 7) is 1.36. The normalized spacial score (nSPS) is 18.4. The van der Waals surface area contributed by atoms with E-state index in [0.717, 1.165) is 13.0 Å². The molecular weight excluding hydrogens is 256 g/mol. The zero-order chi connectivity index (χ0) is 13.9. The topological polar surface area (TPSA) is 60.3 Å². The summed E-state index contributed by atoms with van der Waals surface area (Å²) >= 11 is 0. The Morgan fingerprint density at radius 1 is 1.45 bits per heavy atom. The van der Waals surface area contributed by atoms with Crippen LogP contribution < -0.4 is 4.74 Å². The molecule has 0 radical (unpaired) electrons. The Morgan fingerprint density at radius 2 is 2.35 bits per heavy atom. The highest BCUT2D eigenvalue weighted by molar-refractivity contribution is 5.96. The molecule has 6 nitrogen and oxygen atoms in total. The van der Waals surface area contributed by atoms with Gasteiger partial charge in [0.25, 0.3) is 5.91 Å². The van der Waals surface area contributed by atoms with Crippen molar-refractivity contribution in [1.82, 2.24) is 19.4 Å². The number of nitrogens with zero attached hydrogens (tertiary/aromatic N) is 4. The Balaban J connectivity index is 1.76. The van der Waals surface area contributed by atoms with Crippen LogP contribution in [0.15, 0.2) is 37.1 Å². The molecule has 0 spiro atoms. The van der Waals surface area contributed by atoms with Gasteiger partial charge in [-0.05, 0) is 12.1 Å². The minimum absolute atomic E-state index is 0.0433. The predicted octanol–water partition coefficient (Wildman–Crippen LogP) is 1.20. The molecule has 104 valence electrons. The van der Waals surface area contributed by atoms with Gasteiger partial charge in [0, 0.05) is 38.6 Å². The summed E-state index contributed by atoms with van der Waals surface area (Å²) in [6, 6.07) is 3.50. The van der Waals surface area contributed by atoms with Crippen LogP contribution in [0.1, 0.15) is 16.8 Å². The van der Waals surface area contributed by atoms with Gasteiger partial charge in [0.05, 0.1) is 12.9 Å². The van der Waals surface area contributed by atoms with Crippen LogP contribution in [0.3, 0.4) is 0 Å². The number of pyridine rings is 1. The number of aryl methyl sites for hydroxylation is 1. The van der Waals surface area contributed by atoms with Crippen molar-refractivity contribution in [3.05, 3.63) is 42.6 Å². The van der Waals surface area contributed by atoms with Crippen LogP contribution >= 0.6 is 0 Å². The van der Waals surface area contributed by atoms with Crippen molar-refractivity contribution < 1.29 is 9.53 Å². The molecule has 3 rings (SSSR count). The molecule has 2 aromatic heterocycles. The molecule has 0 N–H and O–H groups in total. The smallest absolute Gasteiger partial charge is 0.259 e. The lowest BCUT2D eigenvalue weighted by Gasteiger charge is -2.20. The fourth-order valence-electron chi connectivity index (χ4n) is 2.30. The average Bonchev–Trinajstić information content (AvgIpc) is 2.94. The molecule has 0 saturated carbocycles. The lowest BCUT2D eigenvalue weighted by Crippen LogP contribution is -2.34. The zero-order valence-electron chi connectivity index (χ0n) is 11.3. The summed E-state index contributed by atoms with van der Waals surface area (Å²) in [5.41, 5.74) is 0.528. The van der Waals surface area contributed by atoms with Crippen LogP contribution in [0.2, 0.25) is 0 Å². The van der Waals surface area contributed by atoms with Crippen molar-refractivity contribution in [1.29, 1.82) is 0 Å². The van der Waals surface area contributed by atoms with Gasteiger partial charge in [-0.15, -0.1) is 0 Å². The second-order valence-electron chi connectivity index (χ2n) is 4.87. The number of rotatable bonds is 3. The van der Waals surface area contributed by atoms with Crippen LogP contribution in [-0.4, -0.2) is 45.0 Å². The fraction of sp³-hybridized carbons (Fsp3) is 0.357. The first-order chi connectivity index (χ1) is 9.74. The van der Waals surface area contributed by atoms with Crippen molar-refractivity contribution >= 4 is 5.91 Å². The second-order valence-corrected chi connectivity index (χ2v) is 4.87. The first kappa shape index (κ1) is 12.7. The molecule has 3 heterocycles. The van der Waals surface area contributed by atoms with Crippen molar-refractivity contribution in [2.75, 3.05) is 13.6 Å². The fourth-order valence-corrected chi connectivity index (χ4v) is 2.30.